The molecule has 2 aliphatic heterocycles. The molecule has 4 rings (SSSR count). The smallest absolute Gasteiger partial charge is 0.227 e. The van der Waals surface area contributed by atoms with Gasteiger partial charge < -0.3 is 4.90 Å². The van der Waals surface area contributed by atoms with Crippen LogP contribution in [0.2, 0.25) is 0 Å². The maximum Gasteiger partial charge on any atom is 0.227 e. The first-order chi connectivity index (χ1) is 15.2. The van der Waals surface area contributed by atoms with Gasteiger partial charge in [-0.05, 0) is 49.1 Å². The number of aldehydes is 1. The van der Waals surface area contributed by atoms with E-state index in [1.807, 2.05) is 36.7 Å². The minimum atomic E-state index is 0.109. The molecule has 1 amide bonds. The van der Waals surface area contributed by atoms with Crippen LogP contribution in [-0.2, 0) is 17.9 Å². The average Bonchev–Trinajstić information content (AvgIpc) is 3.05. The molecule has 2 aromatic rings. The van der Waals surface area contributed by atoms with Crippen molar-refractivity contribution in [1.29, 1.82) is 0 Å². The fourth-order valence-corrected chi connectivity index (χ4v) is 4.71. The van der Waals surface area contributed by atoms with E-state index in [2.05, 4.69) is 31.8 Å². The van der Waals surface area contributed by atoms with Crippen LogP contribution in [0, 0.1) is 5.92 Å². The molecule has 0 aliphatic carbocycles. The summed E-state index contributed by atoms with van der Waals surface area (Å²) >= 11 is 0. The molecule has 6 heteroatoms. The highest BCUT2D eigenvalue weighted by Gasteiger charge is 2.30. The van der Waals surface area contributed by atoms with E-state index in [1.165, 1.54) is 11.1 Å². The van der Waals surface area contributed by atoms with Crippen LogP contribution in [0.1, 0.15) is 40.7 Å². The summed E-state index contributed by atoms with van der Waals surface area (Å²) in [6.07, 6.45) is 7.63. The molecule has 0 bridgehead atoms. The van der Waals surface area contributed by atoms with Crippen LogP contribution in [0.25, 0.3) is 0 Å². The van der Waals surface area contributed by atoms with Gasteiger partial charge in [0.05, 0.1) is 5.92 Å². The van der Waals surface area contributed by atoms with Crippen LogP contribution < -0.4 is 0 Å². The van der Waals surface area contributed by atoms with Gasteiger partial charge in [0.2, 0.25) is 5.91 Å². The molecule has 0 spiro atoms. The molecule has 1 aromatic carbocycles. The highest BCUT2D eigenvalue weighted by atomic mass is 16.2. The van der Waals surface area contributed by atoms with Crippen LogP contribution in [0.3, 0.4) is 0 Å². The number of carbonyl (C=O) groups is 2. The molecule has 2 fully saturated rings. The molecule has 0 radical (unpaired) electrons. The number of carbonyl (C=O) groups excluding carboxylic acids is 2. The molecule has 1 unspecified atom stereocenters. The van der Waals surface area contributed by atoms with Crippen molar-refractivity contribution in [3.63, 3.8) is 0 Å². The monoisotopic (exact) mass is 420 g/mol. The molecule has 31 heavy (non-hydrogen) atoms. The minimum absolute atomic E-state index is 0.109. The lowest BCUT2D eigenvalue weighted by molar-refractivity contribution is -0.137. The first-order valence-electron chi connectivity index (χ1n) is 11.4. The van der Waals surface area contributed by atoms with Crippen LogP contribution in [0.4, 0.5) is 0 Å². The summed E-state index contributed by atoms with van der Waals surface area (Å²) in [5, 5.41) is 0. The highest BCUT2D eigenvalue weighted by Crippen LogP contribution is 2.21. The van der Waals surface area contributed by atoms with E-state index < -0.39 is 0 Å². The zero-order valence-corrected chi connectivity index (χ0v) is 18.2. The maximum absolute atomic E-state index is 13.3. The van der Waals surface area contributed by atoms with Crippen molar-refractivity contribution >= 4 is 12.2 Å². The standard InChI is InChI=1S/C25H32N4O2/c30-20-23-6-4-21(5-7-23)17-27-13-2-14-29(16-15-27)25(31)24-3-1-12-28(19-24)18-22-8-10-26-11-9-22/h4-11,20,24H,1-3,12-19H2. The molecule has 164 valence electrons. The van der Waals surface area contributed by atoms with Gasteiger partial charge in [-0.25, -0.2) is 0 Å². The summed E-state index contributed by atoms with van der Waals surface area (Å²) in [7, 11) is 0. The Morgan fingerprint density at radius 2 is 1.58 bits per heavy atom. The topological polar surface area (TPSA) is 56.8 Å². The zero-order chi connectivity index (χ0) is 21.5. The lowest BCUT2D eigenvalue weighted by Crippen LogP contribution is -2.45. The third kappa shape index (κ3) is 5.99. The Bertz CT molecular complexity index is 856. The van der Waals surface area contributed by atoms with Gasteiger partial charge in [-0.1, -0.05) is 24.3 Å². The van der Waals surface area contributed by atoms with E-state index in [-0.39, 0.29) is 5.92 Å². The Labute approximate surface area is 184 Å². The van der Waals surface area contributed by atoms with Crippen LogP contribution in [0.5, 0.6) is 0 Å². The molecular weight excluding hydrogens is 388 g/mol. The molecule has 2 saturated heterocycles. The van der Waals surface area contributed by atoms with E-state index in [4.69, 9.17) is 0 Å². The summed E-state index contributed by atoms with van der Waals surface area (Å²) in [6.45, 7) is 7.21. The number of likely N-dealkylation sites (tertiary alicyclic amines) is 1. The molecule has 6 nitrogen and oxygen atoms in total. The molecular formula is C25H32N4O2. The van der Waals surface area contributed by atoms with Crippen molar-refractivity contribution in [3.8, 4) is 0 Å². The molecule has 1 atom stereocenters. The van der Waals surface area contributed by atoms with Crippen molar-refractivity contribution in [2.45, 2.75) is 32.4 Å². The van der Waals surface area contributed by atoms with Crippen LogP contribution in [0.15, 0.2) is 48.8 Å². The fourth-order valence-electron chi connectivity index (χ4n) is 4.71. The van der Waals surface area contributed by atoms with Crippen LogP contribution in [-0.4, -0.2) is 71.1 Å². The van der Waals surface area contributed by atoms with Gasteiger partial charge in [0, 0.05) is 63.8 Å². The van der Waals surface area contributed by atoms with E-state index in [0.717, 1.165) is 77.9 Å². The number of aromatic nitrogens is 1. The molecule has 3 heterocycles. The second-order valence-corrected chi connectivity index (χ2v) is 8.74. The first-order valence-corrected chi connectivity index (χ1v) is 11.4. The quantitative estimate of drug-likeness (QED) is 0.673. The van der Waals surface area contributed by atoms with Crippen molar-refractivity contribution in [2.24, 2.45) is 5.92 Å². The highest BCUT2D eigenvalue weighted by molar-refractivity contribution is 5.79. The molecule has 0 saturated carbocycles. The van der Waals surface area contributed by atoms with Gasteiger partial charge in [-0.3, -0.25) is 24.4 Å². The summed E-state index contributed by atoms with van der Waals surface area (Å²) in [4.78, 5) is 35.1. The summed E-state index contributed by atoms with van der Waals surface area (Å²) in [5.74, 6) is 0.439. The Hall–Kier alpha value is -2.57. The average molecular weight is 421 g/mol. The van der Waals surface area contributed by atoms with Gasteiger partial charge in [0.15, 0.2) is 0 Å². The van der Waals surface area contributed by atoms with Crippen molar-refractivity contribution < 1.29 is 9.59 Å². The Morgan fingerprint density at radius 1 is 0.871 bits per heavy atom. The number of hydrogen-bond donors (Lipinski definition) is 0. The van der Waals surface area contributed by atoms with Crippen molar-refractivity contribution in [2.75, 3.05) is 39.3 Å². The van der Waals surface area contributed by atoms with Gasteiger partial charge >= 0.3 is 0 Å². The van der Waals surface area contributed by atoms with Gasteiger partial charge in [0.1, 0.15) is 6.29 Å². The second-order valence-electron chi connectivity index (χ2n) is 8.74. The lowest BCUT2D eigenvalue weighted by atomic mass is 9.96. The first kappa shape index (κ1) is 21.7. The third-order valence-corrected chi connectivity index (χ3v) is 6.43. The zero-order valence-electron chi connectivity index (χ0n) is 18.2. The summed E-state index contributed by atoms with van der Waals surface area (Å²) in [6, 6.07) is 11.9. The maximum atomic E-state index is 13.3. The predicted octanol–water partition coefficient (Wildman–Crippen LogP) is 2.84. The van der Waals surface area contributed by atoms with Crippen molar-refractivity contribution in [1.82, 2.24) is 19.7 Å². The van der Waals surface area contributed by atoms with E-state index in [1.54, 1.807) is 0 Å². The van der Waals surface area contributed by atoms with Gasteiger partial charge in [0.25, 0.3) is 0 Å². The molecule has 1 aromatic heterocycles. The normalized spacial score (nSPS) is 20.9. The number of nitrogens with zero attached hydrogens (tertiary/aromatic N) is 4. The number of benzene rings is 1. The SMILES string of the molecule is O=Cc1ccc(CN2CCCN(C(=O)C3CCCN(Cc4ccncc4)C3)CC2)cc1. The fraction of sp³-hybridized carbons (Fsp3) is 0.480. The van der Waals surface area contributed by atoms with Crippen molar-refractivity contribution in [3.05, 3.63) is 65.5 Å². The number of amides is 1. The number of hydrogen-bond acceptors (Lipinski definition) is 5. The Kier molecular flexibility index (Phi) is 7.43. The molecule has 2 aliphatic rings. The van der Waals surface area contributed by atoms with E-state index >= 15 is 0 Å². The predicted molar refractivity (Wildman–Crippen MR) is 121 cm³/mol. The molecule has 0 N–H and O–H groups in total. The van der Waals surface area contributed by atoms with Gasteiger partial charge in [-0.2, -0.15) is 0 Å². The summed E-state index contributed by atoms with van der Waals surface area (Å²) in [5.41, 5.74) is 3.18. The Morgan fingerprint density at radius 3 is 2.35 bits per heavy atom. The van der Waals surface area contributed by atoms with E-state index in [9.17, 15) is 9.59 Å². The number of piperidine rings is 1. The van der Waals surface area contributed by atoms with E-state index in [0.29, 0.717) is 11.5 Å². The number of pyridine rings is 1. The van der Waals surface area contributed by atoms with Crippen LogP contribution >= 0.6 is 0 Å². The van der Waals surface area contributed by atoms with Gasteiger partial charge in [-0.15, -0.1) is 0 Å². The largest absolute Gasteiger partial charge is 0.341 e. The second kappa shape index (κ2) is 10.6. The lowest BCUT2D eigenvalue weighted by Gasteiger charge is -2.34. The minimum Gasteiger partial charge on any atom is -0.341 e. The summed E-state index contributed by atoms with van der Waals surface area (Å²) < 4.78 is 0. The third-order valence-electron chi connectivity index (χ3n) is 6.43. The number of rotatable bonds is 6. The Balaban J connectivity index is 1.29.